The molecule has 0 amide bonds. The molecular formula is C10H16O8. The average Bonchev–Trinajstić information content (AvgIpc) is 2.33. The number of aliphatic hydroxyl groups is 5. The van der Waals surface area contributed by atoms with Crippen LogP contribution in [-0.4, -0.2) is 73.4 Å². The first-order chi connectivity index (χ1) is 8.09. The standard InChI is InChI=1S/C10H16O8/c1-5(13)9(17,4-12)10(18,6(2)14)8(16)7(15)3-11/h4,7-8,11,15-18H,3H2,1-2H3/t7-,8-,9-,10+/m1/s1. The highest BCUT2D eigenvalue weighted by molar-refractivity contribution is 6.08. The van der Waals surface area contributed by atoms with Crippen LogP contribution < -0.4 is 0 Å². The zero-order valence-corrected chi connectivity index (χ0v) is 9.90. The van der Waals surface area contributed by atoms with Gasteiger partial charge < -0.3 is 25.5 Å². The molecule has 8 nitrogen and oxygen atoms in total. The maximum absolute atomic E-state index is 11.4. The third-order valence-electron chi connectivity index (χ3n) is 2.80. The minimum atomic E-state index is -3.25. The third kappa shape index (κ3) is 2.33. The quantitative estimate of drug-likeness (QED) is 0.235. The van der Waals surface area contributed by atoms with Gasteiger partial charge in [0.1, 0.15) is 12.2 Å². The first kappa shape index (κ1) is 16.8. The molecule has 0 aliphatic rings. The summed E-state index contributed by atoms with van der Waals surface area (Å²) in [6.07, 6.45) is -4.84. The second-order valence-corrected chi connectivity index (χ2v) is 3.96. The normalized spacial score (nSPS) is 21.3. The Hall–Kier alpha value is -1.19. The molecule has 0 aromatic carbocycles. The molecule has 0 aromatic heterocycles. The van der Waals surface area contributed by atoms with Gasteiger partial charge in [0.05, 0.1) is 6.61 Å². The molecule has 0 unspecified atom stereocenters. The van der Waals surface area contributed by atoms with Gasteiger partial charge in [-0.2, -0.15) is 0 Å². The van der Waals surface area contributed by atoms with Crippen molar-refractivity contribution in [3.63, 3.8) is 0 Å². The molecule has 0 saturated heterocycles. The smallest absolute Gasteiger partial charge is 0.216 e. The van der Waals surface area contributed by atoms with Gasteiger partial charge in [-0.05, 0) is 13.8 Å². The molecule has 0 bridgehead atoms. The molecule has 4 atom stereocenters. The van der Waals surface area contributed by atoms with Crippen molar-refractivity contribution in [2.75, 3.05) is 6.61 Å². The van der Waals surface area contributed by atoms with E-state index in [9.17, 15) is 34.8 Å². The van der Waals surface area contributed by atoms with Gasteiger partial charge in [0, 0.05) is 0 Å². The number of carbonyl (C=O) groups excluding carboxylic acids is 3. The van der Waals surface area contributed by atoms with Crippen LogP contribution in [-0.2, 0) is 14.4 Å². The van der Waals surface area contributed by atoms with Crippen LogP contribution in [0.1, 0.15) is 13.8 Å². The Kier molecular flexibility index (Phi) is 5.26. The molecule has 104 valence electrons. The number of hydrogen-bond donors (Lipinski definition) is 5. The number of hydrogen-bond acceptors (Lipinski definition) is 8. The number of Topliss-reactive ketones (excluding diaryl/α,β-unsaturated/α-hetero) is 2. The lowest BCUT2D eigenvalue weighted by atomic mass is 9.73. The molecule has 0 rings (SSSR count). The Morgan fingerprint density at radius 2 is 1.61 bits per heavy atom. The molecule has 0 saturated carbocycles. The summed E-state index contributed by atoms with van der Waals surface area (Å²) in [4.78, 5) is 33.4. The molecule has 0 heterocycles. The fourth-order valence-corrected chi connectivity index (χ4v) is 1.52. The van der Waals surface area contributed by atoms with Crippen molar-refractivity contribution < 1.29 is 39.9 Å². The summed E-state index contributed by atoms with van der Waals surface area (Å²) in [5.74, 6) is -2.60. The van der Waals surface area contributed by atoms with E-state index in [1.807, 2.05) is 0 Å². The number of carbonyl (C=O) groups is 3. The van der Waals surface area contributed by atoms with Crippen LogP contribution in [0, 0.1) is 0 Å². The minimum Gasteiger partial charge on any atom is -0.394 e. The van der Waals surface area contributed by atoms with Gasteiger partial charge in [-0.25, -0.2) is 0 Å². The van der Waals surface area contributed by atoms with Gasteiger partial charge in [0.2, 0.25) is 5.60 Å². The Balaban J connectivity index is 5.88. The lowest BCUT2D eigenvalue weighted by molar-refractivity contribution is -0.212. The Labute approximate surface area is 102 Å². The maximum atomic E-state index is 11.4. The van der Waals surface area contributed by atoms with E-state index >= 15 is 0 Å². The fraction of sp³-hybridized carbons (Fsp3) is 0.700. The molecule has 18 heavy (non-hydrogen) atoms. The predicted octanol–water partition coefficient (Wildman–Crippen LogP) is -3.46. The second-order valence-electron chi connectivity index (χ2n) is 3.96. The minimum absolute atomic E-state index is 0.399. The van der Waals surface area contributed by atoms with Gasteiger partial charge >= 0.3 is 0 Å². The van der Waals surface area contributed by atoms with Crippen LogP contribution >= 0.6 is 0 Å². The molecular weight excluding hydrogens is 248 g/mol. The van der Waals surface area contributed by atoms with E-state index in [1.54, 1.807) is 0 Å². The van der Waals surface area contributed by atoms with Gasteiger partial charge in [0.25, 0.3) is 0 Å². The third-order valence-corrected chi connectivity index (χ3v) is 2.80. The van der Waals surface area contributed by atoms with Crippen LogP contribution in [0.15, 0.2) is 0 Å². The topological polar surface area (TPSA) is 152 Å². The number of aldehydes is 1. The highest BCUT2D eigenvalue weighted by atomic mass is 16.4. The fourth-order valence-electron chi connectivity index (χ4n) is 1.52. The zero-order chi connectivity index (χ0) is 14.7. The molecule has 0 aliphatic heterocycles. The lowest BCUT2D eigenvalue weighted by Gasteiger charge is -2.40. The van der Waals surface area contributed by atoms with Gasteiger partial charge in [0.15, 0.2) is 23.5 Å². The Morgan fingerprint density at radius 3 is 1.83 bits per heavy atom. The first-order valence-corrected chi connectivity index (χ1v) is 4.99. The summed E-state index contributed by atoms with van der Waals surface area (Å²) in [7, 11) is 0. The van der Waals surface area contributed by atoms with E-state index in [0.717, 1.165) is 6.92 Å². The average molecular weight is 264 g/mol. The molecule has 0 spiro atoms. The van der Waals surface area contributed by atoms with Crippen molar-refractivity contribution in [3.05, 3.63) is 0 Å². The molecule has 0 aromatic rings. The molecule has 5 N–H and O–H groups in total. The summed E-state index contributed by atoms with van der Waals surface area (Å²) >= 11 is 0. The SMILES string of the molecule is CC(=O)[C@](O)(C=O)[C@](O)(C(C)=O)[C@H](O)[C@H](O)CO. The summed E-state index contributed by atoms with van der Waals surface area (Å²) in [6, 6.07) is 0. The number of ketones is 2. The lowest BCUT2D eigenvalue weighted by Crippen LogP contribution is -2.71. The van der Waals surface area contributed by atoms with Crippen LogP contribution in [0.25, 0.3) is 0 Å². The summed E-state index contributed by atoms with van der Waals surface area (Å²) in [6.45, 7) is 0.384. The molecule has 0 radical (unpaired) electrons. The zero-order valence-electron chi connectivity index (χ0n) is 9.90. The van der Waals surface area contributed by atoms with Crippen LogP contribution in [0.3, 0.4) is 0 Å². The van der Waals surface area contributed by atoms with E-state index in [4.69, 9.17) is 5.11 Å². The molecule has 0 fully saturated rings. The first-order valence-electron chi connectivity index (χ1n) is 4.99. The summed E-state index contributed by atoms with van der Waals surface area (Å²) in [5.41, 5.74) is -6.46. The van der Waals surface area contributed by atoms with Gasteiger partial charge in [-0.15, -0.1) is 0 Å². The van der Waals surface area contributed by atoms with Crippen molar-refractivity contribution in [3.8, 4) is 0 Å². The van der Waals surface area contributed by atoms with Gasteiger partial charge in [-0.3, -0.25) is 14.4 Å². The largest absolute Gasteiger partial charge is 0.394 e. The van der Waals surface area contributed by atoms with Crippen LogP contribution in [0.2, 0.25) is 0 Å². The highest BCUT2D eigenvalue weighted by Gasteiger charge is 2.62. The second kappa shape index (κ2) is 5.63. The van der Waals surface area contributed by atoms with Crippen molar-refractivity contribution in [2.24, 2.45) is 0 Å². The van der Waals surface area contributed by atoms with E-state index in [-0.39, 0.29) is 0 Å². The Bertz CT molecular complexity index is 354. The highest BCUT2D eigenvalue weighted by Crippen LogP contribution is 2.29. The van der Waals surface area contributed by atoms with E-state index < -0.39 is 47.9 Å². The monoisotopic (exact) mass is 264 g/mol. The molecule has 8 heteroatoms. The van der Waals surface area contributed by atoms with Crippen LogP contribution in [0.4, 0.5) is 0 Å². The van der Waals surface area contributed by atoms with E-state index in [2.05, 4.69) is 0 Å². The van der Waals surface area contributed by atoms with E-state index in [0.29, 0.717) is 6.92 Å². The van der Waals surface area contributed by atoms with Crippen LogP contribution in [0.5, 0.6) is 0 Å². The van der Waals surface area contributed by atoms with Crippen molar-refractivity contribution >= 4 is 17.9 Å². The maximum Gasteiger partial charge on any atom is 0.216 e. The predicted molar refractivity (Wildman–Crippen MR) is 56.4 cm³/mol. The summed E-state index contributed by atoms with van der Waals surface area (Å²) in [5, 5.41) is 47.1. The number of rotatable bonds is 7. The summed E-state index contributed by atoms with van der Waals surface area (Å²) < 4.78 is 0. The van der Waals surface area contributed by atoms with Crippen molar-refractivity contribution in [2.45, 2.75) is 37.3 Å². The van der Waals surface area contributed by atoms with Crippen molar-refractivity contribution in [1.29, 1.82) is 0 Å². The van der Waals surface area contributed by atoms with Crippen molar-refractivity contribution in [1.82, 2.24) is 0 Å². The Morgan fingerprint density at radius 1 is 1.17 bits per heavy atom. The van der Waals surface area contributed by atoms with E-state index in [1.165, 1.54) is 0 Å². The van der Waals surface area contributed by atoms with Gasteiger partial charge in [-0.1, -0.05) is 0 Å². The molecule has 0 aliphatic carbocycles. The number of aliphatic hydroxyl groups excluding tert-OH is 3.